The molecule has 2 N–H and O–H groups in total. The molecule has 26 heavy (non-hydrogen) atoms. The van der Waals surface area contributed by atoms with Crippen LogP contribution in [0.2, 0.25) is 0 Å². The molecular formula is C19H26N2O5. The Morgan fingerprint density at radius 1 is 1.31 bits per heavy atom. The van der Waals surface area contributed by atoms with Crippen LogP contribution in [-0.2, 0) is 20.9 Å². The minimum Gasteiger partial charge on any atom is -0.480 e. The molecule has 0 saturated carbocycles. The van der Waals surface area contributed by atoms with Crippen molar-refractivity contribution in [3.05, 3.63) is 35.9 Å². The third kappa shape index (κ3) is 4.97. The maximum atomic E-state index is 12.9. The molecule has 3 atom stereocenters. The van der Waals surface area contributed by atoms with Gasteiger partial charge in [0.25, 0.3) is 0 Å². The Labute approximate surface area is 153 Å². The highest BCUT2D eigenvalue weighted by molar-refractivity contribution is 5.90. The molecular weight excluding hydrogens is 336 g/mol. The Balaban J connectivity index is 2.01. The Hall–Kier alpha value is -2.57. The Bertz CT molecular complexity index is 634. The fraction of sp³-hybridized carbons (Fsp3) is 0.526. The van der Waals surface area contributed by atoms with E-state index in [4.69, 9.17) is 4.74 Å². The van der Waals surface area contributed by atoms with E-state index in [1.807, 2.05) is 44.2 Å². The molecule has 0 unspecified atom stereocenters. The summed E-state index contributed by atoms with van der Waals surface area (Å²) >= 11 is 0. The number of likely N-dealkylation sites (tertiary alicyclic amines) is 1. The smallest absolute Gasteiger partial charge is 0.408 e. The van der Waals surface area contributed by atoms with Gasteiger partial charge in [0.1, 0.15) is 18.7 Å². The largest absolute Gasteiger partial charge is 0.480 e. The van der Waals surface area contributed by atoms with Gasteiger partial charge in [0.15, 0.2) is 0 Å². The van der Waals surface area contributed by atoms with Crippen LogP contribution in [0.5, 0.6) is 0 Å². The standard InChI is InChI=1S/C19H26N2O5/c1-3-13(2)16(17(22)21-11-7-10-15(21)18(23)24)20-19(25)26-12-14-8-5-4-6-9-14/h4-6,8-9,13,15-16H,3,7,10-12H2,1-2H3,(H,20,25)(H,23,24)/t13-,15+,16-/m0/s1. The Kier molecular flexibility index (Phi) is 7.00. The summed E-state index contributed by atoms with van der Waals surface area (Å²) in [6.45, 7) is 4.27. The van der Waals surface area contributed by atoms with Gasteiger partial charge in [0, 0.05) is 6.54 Å². The third-order valence-electron chi connectivity index (χ3n) is 4.79. The average Bonchev–Trinajstić information content (AvgIpc) is 3.14. The summed E-state index contributed by atoms with van der Waals surface area (Å²) in [5.41, 5.74) is 0.847. The van der Waals surface area contributed by atoms with Crippen LogP contribution in [0.1, 0.15) is 38.7 Å². The van der Waals surface area contributed by atoms with Crippen LogP contribution in [0.3, 0.4) is 0 Å². The number of hydrogen-bond acceptors (Lipinski definition) is 4. The van der Waals surface area contributed by atoms with Crippen LogP contribution < -0.4 is 5.32 Å². The van der Waals surface area contributed by atoms with Gasteiger partial charge in [0.05, 0.1) is 0 Å². The molecule has 0 spiro atoms. The number of alkyl carbamates (subject to hydrolysis) is 1. The summed E-state index contributed by atoms with van der Waals surface area (Å²) in [7, 11) is 0. The van der Waals surface area contributed by atoms with Gasteiger partial charge in [-0.25, -0.2) is 9.59 Å². The van der Waals surface area contributed by atoms with E-state index in [-0.39, 0.29) is 18.4 Å². The monoisotopic (exact) mass is 362 g/mol. The fourth-order valence-electron chi connectivity index (χ4n) is 3.04. The molecule has 1 fully saturated rings. The first-order valence-electron chi connectivity index (χ1n) is 8.94. The summed E-state index contributed by atoms with van der Waals surface area (Å²) in [6.07, 6.45) is 1.07. The molecule has 0 aromatic heterocycles. The summed E-state index contributed by atoms with van der Waals surface area (Å²) in [6, 6.07) is 7.62. The van der Waals surface area contributed by atoms with Gasteiger partial charge in [-0.05, 0) is 24.3 Å². The highest BCUT2D eigenvalue weighted by atomic mass is 16.5. The van der Waals surface area contributed by atoms with Crippen molar-refractivity contribution >= 4 is 18.0 Å². The van der Waals surface area contributed by atoms with Crippen LogP contribution in [0.15, 0.2) is 30.3 Å². The number of carbonyl (C=O) groups excluding carboxylic acids is 2. The molecule has 0 aliphatic carbocycles. The highest BCUT2D eigenvalue weighted by Crippen LogP contribution is 2.21. The number of ether oxygens (including phenoxy) is 1. The van der Waals surface area contributed by atoms with E-state index in [0.29, 0.717) is 25.8 Å². The topological polar surface area (TPSA) is 95.9 Å². The maximum absolute atomic E-state index is 12.9. The van der Waals surface area contributed by atoms with Gasteiger partial charge >= 0.3 is 12.1 Å². The van der Waals surface area contributed by atoms with E-state index in [1.165, 1.54) is 4.90 Å². The minimum absolute atomic E-state index is 0.107. The lowest BCUT2D eigenvalue weighted by Crippen LogP contribution is -2.54. The number of carboxylic acid groups (broad SMARTS) is 1. The molecule has 1 aliphatic heterocycles. The maximum Gasteiger partial charge on any atom is 0.408 e. The second-order valence-corrected chi connectivity index (χ2v) is 6.60. The van der Waals surface area contributed by atoms with Crippen LogP contribution in [0.4, 0.5) is 4.79 Å². The molecule has 1 aromatic rings. The third-order valence-corrected chi connectivity index (χ3v) is 4.79. The second kappa shape index (κ2) is 9.22. The molecule has 7 nitrogen and oxygen atoms in total. The van der Waals surface area contributed by atoms with Crippen LogP contribution in [0.25, 0.3) is 0 Å². The summed E-state index contributed by atoms with van der Waals surface area (Å²) in [4.78, 5) is 37.7. The van der Waals surface area contributed by atoms with E-state index >= 15 is 0 Å². The number of carboxylic acids is 1. The van der Waals surface area contributed by atoms with E-state index in [1.54, 1.807) is 0 Å². The van der Waals surface area contributed by atoms with Crippen molar-refractivity contribution in [1.82, 2.24) is 10.2 Å². The number of hydrogen-bond donors (Lipinski definition) is 2. The number of nitrogens with zero attached hydrogens (tertiary/aromatic N) is 1. The zero-order chi connectivity index (χ0) is 19.1. The average molecular weight is 362 g/mol. The Morgan fingerprint density at radius 2 is 2.00 bits per heavy atom. The van der Waals surface area contributed by atoms with Crippen molar-refractivity contribution in [2.45, 2.75) is 51.8 Å². The van der Waals surface area contributed by atoms with E-state index in [2.05, 4.69) is 5.32 Å². The quantitative estimate of drug-likeness (QED) is 0.776. The summed E-state index contributed by atoms with van der Waals surface area (Å²) in [5, 5.41) is 11.9. The fourth-order valence-corrected chi connectivity index (χ4v) is 3.04. The van der Waals surface area contributed by atoms with Crippen molar-refractivity contribution in [2.75, 3.05) is 6.54 Å². The van der Waals surface area contributed by atoms with Crippen LogP contribution >= 0.6 is 0 Å². The number of nitrogens with one attached hydrogen (secondary N) is 1. The van der Waals surface area contributed by atoms with Gasteiger partial charge < -0.3 is 20.1 Å². The van der Waals surface area contributed by atoms with Crippen molar-refractivity contribution < 1.29 is 24.2 Å². The number of amides is 2. The predicted molar refractivity (Wildman–Crippen MR) is 95.4 cm³/mol. The van der Waals surface area contributed by atoms with Crippen molar-refractivity contribution in [3.63, 3.8) is 0 Å². The lowest BCUT2D eigenvalue weighted by molar-refractivity contribution is -0.149. The molecule has 2 rings (SSSR count). The second-order valence-electron chi connectivity index (χ2n) is 6.60. The van der Waals surface area contributed by atoms with E-state index < -0.39 is 24.1 Å². The van der Waals surface area contributed by atoms with E-state index in [9.17, 15) is 19.5 Å². The molecule has 1 aliphatic rings. The normalized spacial score (nSPS) is 18.8. The van der Waals surface area contributed by atoms with Gasteiger partial charge in [0.2, 0.25) is 5.91 Å². The first-order valence-corrected chi connectivity index (χ1v) is 8.94. The molecule has 7 heteroatoms. The van der Waals surface area contributed by atoms with Crippen LogP contribution in [0, 0.1) is 5.92 Å². The highest BCUT2D eigenvalue weighted by Gasteiger charge is 2.39. The molecule has 142 valence electrons. The van der Waals surface area contributed by atoms with Gasteiger partial charge in [-0.1, -0.05) is 50.6 Å². The zero-order valence-electron chi connectivity index (χ0n) is 15.2. The SMILES string of the molecule is CC[C@H](C)[C@H](NC(=O)OCc1ccccc1)C(=O)N1CCC[C@@H]1C(=O)O. The number of carbonyl (C=O) groups is 3. The van der Waals surface area contributed by atoms with Gasteiger partial charge in [-0.3, -0.25) is 4.79 Å². The molecule has 0 radical (unpaired) electrons. The Morgan fingerprint density at radius 3 is 2.62 bits per heavy atom. The number of rotatable bonds is 7. The first kappa shape index (κ1) is 19.8. The van der Waals surface area contributed by atoms with Gasteiger partial charge in [-0.15, -0.1) is 0 Å². The first-order chi connectivity index (χ1) is 12.4. The minimum atomic E-state index is -1.01. The number of benzene rings is 1. The lowest BCUT2D eigenvalue weighted by atomic mass is 9.97. The number of aliphatic carboxylic acids is 1. The molecule has 1 heterocycles. The van der Waals surface area contributed by atoms with Gasteiger partial charge in [-0.2, -0.15) is 0 Å². The molecule has 0 bridgehead atoms. The van der Waals surface area contributed by atoms with Crippen LogP contribution in [-0.4, -0.2) is 46.6 Å². The molecule has 2 amide bonds. The summed E-state index contributed by atoms with van der Waals surface area (Å²) in [5.74, 6) is -1.51. The van der Waals surface area contributed by atoms with Crippen molar-refractivity contribution in [2.24, 2.45) is 5.92 Å². The van der Waals surface area contributed by atoms with Crippen molar-refractivity contribution in [3.8, 4) is 0 Å². The molecule has 1 aromatic carbocycles. The van der Waals surface area contributed by atoms with Crippen molar-refractivity contribution in [1.29, 1.82) is 0 Å². The summed E-state index contributed by atoms with van der Waals surface area (Å²) < 4.78 is 5.20. The van der Waals surface area contributed by atoms with E-state index in [0.717, 1.165) is 5.56 Å². The molecule has 1 saturated heterocycles. The zero-order valence-corrected chi connectivity index (χ0v) is 15.2. The predicted octanol–water partition coefficient (Wildman–Crippen LogP) is 2.40. The lowest BCUT2D eigenvalue weighted by Gasteiger charge is -2.30.